The van der Waals surface area contributed by atoms with Crippen LogP contribution in [0.15, 0.2) is 31.0 Å². The highest BCUT2D eigenvalue weighted by Gasteiger charge is 2.22. The van der Waals surface area contributed by atoms with Gasteiger partial charge in [-0.3, -0.25) is 9.88 Å². The van der Waals surface area contributed by atoms with Gasteiger partial charge in [0, 0.05) is 30.9 Å². The number of hydrogen-bond acceptors (Lipinski definition) is 5. The number of nitrogens with zero attached hydrogens (tertiary/aromatic N) is 4. The third kappa shape index (κ3) is 3.54. The fourth-order valence-electron chi connectivity index (χ4n) is 2.71. The standard InChI is InChI=1S/C15H17F2N5/c16-13-6-19-7-14(17)12(13)9-22-5-1-2-11(8-22)21-15-3-4-18-10-20-15/h3-4,6-7,10-11H,1-2,5,8-9H2,(H,18,20,21). The number of likely N-dealkylation sites (tertiary alicyclic amines) is 1. The molecular weight excluding hydrogens is 288 g/mol. The van der Waals surface area contributed by atoms with Gasteiger partial charge in [-0.2, -0.15) is 0 Å². The summed E-state index contributed by atoms with van der Waals surface area (Å²) in [5.74, 6) is -0.417. The molecule has 116 valence electrons. The van der Waals surface area contributed by atoms with Gasteiger partial charge in [0.05, 0.1) is 12.4 Å². The number of anilines is 1. The van der Waals surface area contributed by atoms with Gasteiger partial charge in [0.1, 0.15) is 23.8 Å². The summed E-state index contributed by atoms with van der Waals surface area (Å²) in [6, 6.07) is 2.01. The van der Waals surface area contributed by atoms with E-state index in [4.69, 9.17) is 0 Å². The second-order valence-corrected chi connectivity index (χ2v) is 5.39. The fourth-order valence-corrected chi connectivity index (χ4v) is 2.71. The second-order valence-electron chi connectivity index (χ2n) is 5.39. The van der Waals surface area contributed by atoms with Crippen LogP contribution < -0.4 is 5.32 Å². The fraction of sp³-hybridized carbons (Fsp3) is 0.400. The Morgan fingerprint density at radius 1 is 1.23 bits per heavy atom. The van der Waals surface area contributed by atoms with Gasteiger partial charge in [-0.15, -0.1) is 0 Å². The molecule has 1 N–H and O–H groups in total. The van der Waals surface area contributed by atoms with Gasteiger partial charge in [0.15, 0.2) is 0 Å². The molecule has 1 fully saturated rings. The Morgan fingerprint density at radius 3 is 2.77 bits per heavy atom. The number of hydrogen-bond donors (Lipinski definition) is 1. The minimum Gasteiger partial charge on any atom is -0.366 e. The molecule has 2 aromatic rings. The maximum absolute atomic E-state index is 13.7. The van der Waals surface area contributed by atoms with Gasteiger partial charge in [-0.25, -0.2) is 18.7 Å². The zero-order valence-corrected chi connectivity index (χ0v) is 12.0. The Morgan fingerprint density at radius 2 is 2.05 bits per heavy atom. The first-order chi connectivity index (χ1) is 10.7. The molecule has 0 radical (unpaired) electrons. The van der Waals surface area contributed by atoms with Crippen molar-refractivity contribution in [2.75, 3.05) is 18.4 Å². The third-order valence-electron chi connectivity index (χ3n) is 3.77. The molecule has 1 aliphatic rings. The minimum absolute atomic E-state index is 0.0812. The van der Waals surface area contributed by atoms with E-state index >= 15 is 0 Å². The van der Waals surface area contributed by atoms with Gasteiger partial charge < -0.3 is 5.32 Å². The highest BCUT2D eigenvalue weighted by Crippen LogP contribution is 2.19. The van der Waals surface area contributed by atoms with E-state index in [0.29, 0.717) is 6.54 Å². The van der Waals surface area contributed by atoms with Crippen molar-refractivity contribution in [3.63, 3.8) is 0 Å². The van der Waals surface area contributed by atoms with Crippen LogP contribution in [0.4, 0.5) is 14.6 Å². The summed E-state index contributed by atoms with van der Waals surface area (Å²) in [5.41, 5.74) is 0.0812. The van der Waals surface area contributed by atoms with Crippen molar-refractivity contribution in [3.05, 3.63) is 48.2 Å². The Bertz CT molecular complexity index is 602. The van der Waals surface area contributed by atoms with E-state index < -0.39 is 11.6 Å². The highest BCUT2D eigenvalue weighted by molar-refractivity contribution is 5.33. The second kappa shape index (κ2) is 6.74. The summed E-state index contributed by atoms with van der Waals surface area (Å²) in [6.45, 7) is 1.79. The number of rotatable bonds is 4. The zero-order chi connectivity index (χ0) is 15.4. The number of nitrogens with one attached hydrogen (secondary N) is 1. The molecule has 2 aromatic heterocycles. The highest BCUT2D eigenvalue weighted by atomic mass is 19.1. The monoisotopic (exact) mass is 305 g/mol. The van der Waals surface area contributed by atoms with E-state index in [1.807, 2.05) is 4.90 Å². The average molecular weight is 305 g/mol. The van der Waals surface area contributed by atoms with Gasteiger partial charge in [0.2, 0.25) is 0 Å². The van der Waals surface area contributed by atoms with Gasteiger partial charge in [-0.1, -0.05) is 0 Å². The van der Waals surface area contributed by atoms with Gasteiger partial charge >= 0.3 is 0 Å². The normalized spacial score (nSPS) is 19.1. The van der Waals surface area contributed by atoms with Crippen molar-refractivity contribution in [2.24, 2.45) is 0 Å². The Balaban J connectivity index is 1.63. The molecule has 7 heteroatoms. The van der Waals surface area contributed by atoms with E-state index in [-0.39, 0.29) is 18.2 Å². The van der Waals surface area contributed by atoms with E-state index in [1.54, 1.807) is 12.3 Å². The Labute approximate surface area is 127 Å². The van der Waals surface area contributed by atoms with Crippen LogP contribution in [0.1, 0.15) is 18.4 Å². The van der Waals surface area contributed by atoms with Crippen LogP contribution in [-0.4, -0.2) is 39.0 Å². The molecule has 0 bridgehead atoms. The van der Waals surface area contributed by atoms with Crippen molar-refractivity contribution < 1.29 is 8.78 Å². The molecule has 5 nitrogen and oxygen atoms in total. The number of aromatic nitrogens is 3. The summed E-state index contributed by atoms with van der Waals surface area (Å²) in [5, 5.41) is 3.33. The number of piperidine rings is 1. The maximum atomic E-state index is 13.7. The first kappa shape index (κ1) is 14.8. The zero-order valence-electron chi connectivity index (χ0n) is 12.0. The summed E-state index contributed by atoms with van der Waals surface area (Å²) in [4.78, 5) is 13.6. The lowest BCUT2D eigenvalue weighted by molar-refractivity contribution is 0.203. The summed E-state index contributed by atoms with van der Waals surface area (Å²) in [7, 11) is 0. The van der Waals surface area contributed by atoms with E-state index in [2.05, 4.69) is 20.3 Å². The quantitative estimate of drug-likeness (QED) is 0.939. The molecule has 1 aliphatic heterocycles. The van der Waals surface area contributed by atoms with Crippen molar-refractivity contribution >= 4 is 5.82 Å². The van der Waals surface area contributed by atoms with Crippen molar-refractivity contribution in [3.8, 4) is 0 Å². The van der Waals surface area contributed by atoms with Gasteiger partial charge in [0.25, 0.3) is 0 Å². The van der Waals surface area contributed by atoms with Crippen LogP contribution in [0.25, 0.3) is 0 Å². The third-order valence-corrected chi connectivity index (χ3v) is 3.77. The SMILES string of the molecule is Fc1cncc(F)c1CN1CCCC(Nc2ccncn2)C1. The first-order valence-electron chi connectivity index (χ1n) is 7.25. The Kier molecular flexibility index (Phi) is 4.53. The van der Waals surface area contributed by atoms with E-state index in [0.717, 1.165) is 37.6 Å². The van der Waals surface area contributed by atoms with Crippen LogP contribution in [0.3, 0.4) is 0 Å². The van der Waals surface area contributed by atoms with Crippen molar-refractivity contribution in [1.82, 2.24) is 19.9 Å². The predicted molar refractivity (Wildman–Crippen MR) is 78.1 cm³/mol. The predicted octanol–water partition coefficient (Wildman–Crippen LogP) is 2.23. The van der Waals surface area contributed by atoms with E-state index in [1.165, 1.54) is 6.33 Å². The number of pyridine rings is 1. The molecule has 0 amide bonds. The molecule has 22 heavy (non-hydrogen) atoms. The molecule has 3 heterocycles. The maximum Gasteiger partial charge on any atom is 0.148 e. The largest absolute Gasteiger partial charge is 0.366 e. The average Bonchev–Trinajstić information content (AvgIpc) is 2.53. The topological polar surface area (TPSA) is 53.9 Å². The van der Waals surface area contributed by atoms with Crippen LogP contribution in [0, 0.1) is 11.6 Å². The van der Waals surface area contributed by atoms with Crippen LogP contribution in [-0.2, 0) is 6.54 Å². The lowest BCUT2D eigenvalue weighted by Gasteiger charge is -2.33. The van der Waals surface area contributed by atoms with Crippen molar-refractivity contribution in [1.29, 1.82) is 0 Å². The molecule has 3 rings (SSSR count). The summed E-state index contributed by atoms with van der Waals surface area (Å²) in [6.07, 6.45) is 7.25. The summed E-state index contributed by atoms with van der Waals surface area (Å²) >= 11 is 0. The lowest BCUT2D eigenvalue weighted by atomic mass is 10.0. The summed E-state index contributed by atoms with van der Waals surface area (Å²) < 4.78 is 27.4. The van der Waals surface area contributed by atoms with E-state index in [9.17, 15) is 8.78 Å². The molecule has 0 aromatic carbocycles. The molecule has 1 atom stereocenters. The molecular formula is C15H17F2N5. The van der Waals surface area contributed by atoms with Crippen molar-refractivity contribution in [2.45, 2.75) is 25.4 Å². The number of halogens is 2. The lowest BCUT2D eigenvalue weighted by Crippen LogP contribution is -2.42. The molecule has 0 aliphatic carbocycles. The molecule has 1 saturated heterocycles. The first-order valence-corrected chi connectivity index (χ1v) is 7.25. The molecule has 0 saturated carbocycles. The molecule has 1 unspecified atom stereocenters. The van der Waals surface area contributed by atoms with Gasteiger partial charge in [-0.05, 0) is 25.5 Å². The Hall–Kier alpha value is -2.15. The van der Waals surface area contributed by atoms with Crippen LogP contribution in [0.2, 0.25) is 0 Å². The smallest absolute Gasteiger partial charge is 0.148 e. The van der Waals surface area contributed by atoms with Crippen LogP contribution in [0.5, 0.6) is 0 Å². The minimum atomic E-state index is -0.592. The molecule has 0 spiro atoms. The van der Waals surface area contributed by atoms with Crippen LogP contribution >= 0.6 is 0 Å².